The molecule has 0 fully saturated rings. The molecule has 0 amide bonds. The minimum Gasteiger partial charge on any atom is -0.306 e. The smallest absolute Gasteiger partial charge is 0.203 e. The number of nitrogens with zero attached hydrogens (tertiary/aromatic N) is 2. The van der Waals surface area contributed by atoms with Crippen molar-refractivity contribution in [3.05, 3.63) is 94.6 Å². The molecule has 0 saturated carbocycles. The summed E-state index contributed by atoms with van der Waals surface area (Å²) in [5, 5.41) is 9.02. The Hall–Kier alpha value is -3.03. The van der Waals surface area contributed by atoms with Crippen LogP contribution >= 0.6 is 0 Å². The van der Waals surface area contributed by atoms with Crippen LogP contribution in [0.1, 0.15) is 68.1 Å². The van der Waals surface area contributed by atoms with E-state index in [4.69, 9.17) is 5.41 Å². The van der Waals surface area contributed by atoms with Gasteiger partial charge in [-0.05, 0) is 58.2 Å². The number of imidazole rings is 1. The molecule has 7 heteroatoms. The van der Waals surface area contributed by atoms with Gasteiger partial charge in [-0.1, -0.05) is 86.5 Å². The summed E-state index contributed by atoms with van der Waals surface area (Å²) < 4.78 is 15.9. The van der Waals surface area contributed by atoms with Crippen molar-refractivity contribution in [3.63, 3.8) is 0 Å². The summed E-state index contributed by atoms with van der Waals surface area (Å²) in [6.45, 7) is 11.6. The normalized spacial score (nSPS) is 16.8. The fourth-order valence-electron chi connectivity index (χ4n) is 5.36. The highest BCUT2D eigenvalue weighted by Crippen LogP contribution is 2.42. The monoisotopic (exact) mass is 545 g/mol. The van der Waals surface area contributed by atoms with Crippen LogP contribution in [0.25, 0.3) is 11.0 Å². The second kappa shape index (κ2) is 9.93. The maximum Gasteiger partial charge on any atom is 0.203 e. The molecule has 1 aliphatic rings. The highest BCUT2D eigenvalue weighted by Gasteiger charge is 2.35. The molecule has 1 atom stereocenters. The average molecular weight is 546 g/mol. The number of para-hydroxylation sites is 2. The summed E-state index contributed by atoms with van der Waals surface area (Å²) in [5.41, 5.74) is 5.82. The van der Waals surface area contributed by atoms with E-state index in [2.05, 4.69) is 46.8 Å². The topological polar surface area (TPSA) is 67.8 Å². The van der Waals surface area contributed by atoms with Crippen molar-refractivity contribution in [1.29, 1.82) is 5.41 Å². The zero-order valence-electron chi connectivity index (χ0n) is 22.7. The molecule has 3 aromatic carbocycles. The first-order chi connectivity index (χ1) is 18.0. The van der Waals surface area contributed by atoms with Gasteiger partial charge in [-0.25, -0.2) is 4.21 Å². The predicted molar refractivity (Wildman–Crippen MR) is 157 cm³/mol. The van der Waals surface area contributed by atoms with Crippen molar-refractivity contribution in [2.75, 3.05) is 5.75 Å². The van der Waals surface area contributed by atoms with Crippen LogP contribution < -0.4 is 5.62 Å². The number of benzene rings is 3. The summed E-state index contributed by atoms with van der Waals surface area (Å²) in [6.07, 6.45) is 0.929. The number of nitrogens with one attached hydrogen (secondary N) is 1. The number of carbonyl (C=O) groups is 1. The lowest BCUT2D eigenvalue weighted by atomic mass is 9.76. The van der Waals surface area contributed by atoms with E-state index in [1.54, 1.807) is 0 Å². The minimum absolute atomic E-state index is 0.0181. The third-order valence-electron chi connectivity index (χ3n) is 7.63. The van der Waals surface area contributed by atoms with Gasteiger partial charge in [0.25, 0.3) is 0 Å². The molecular formula is C31H35N3O2S2. The Labute approximate surface area is 229 Å². The summed E-state index contributed by atoms with van der Waals surface area (Å²) in [7, 11) is 0.286. The van der Waals surface area contributed by atoms with E-state index in [9.17, 15) is 9.00 Å². The Kier molecular flexibility index (Phi) is 6.95. The van der Waals surface area contributed by atoms with Gasteiger partial charge in [-0.3, -0.25) is 10.2 Å². The molecule has 0 saturated heterocycles. The van der Waals surface area contributed by atoms with Gasteiger partial charge in [0.2, 0.25) is 5.62 Å². The summed E-state index contributed by atoms with van der Waals surface area (Å²) >= 11 is 0. The van der Waals surface area contributed by atoms with Gasteiger partial charge in [0.05, 0.1) is 24.1 Å². The Bertz CT molecular complexity index is 1650. The van der Waals surface area contributed by atoms with Crippen molar-refractivity contribution in [3.8, 4) is 0 Å². The SMILES string of the molecule is CC(C)(C)c1cc(C(=O)Cn2c(=N)n(Cc3ccccc3)c3ccccc32)cc2c1S(=S=O)CCC2(C)C. The van der Waals surface area contributed by atoms with Gasteiger partial charge in [-0.2, -0.15) is 0 Å². The molecule has 0 radical (unpaired) electrons. The molecule has 1 N–H and O–H groups in total. The van der Waals surface area contributed by atoms with Gasteiger partial charge in [-0.15, -0.1) is 0 Å². The number of hydrogen-bond donors (Lipinski definition) is 1. The first-order valence-corrected chi connectivity index (χ1v) is 15.7. The fourth-order valence-corrected chi connectivity index (χ4v) is 8.79. The van der Waals surface area contributed by atoms with Crippen molar-refractivity contribution >= 4 is 36.5 Å². The van der Waals surface area contributed by atoms with E-state index in [1.807, 2.05) is 63.7 Å². The molecule has 4 aromatic rings. The van der Waals surface area contributed by atoms with E-state index >= 15 is 0 Å². The van der Waals surface area contributed by atoms with Crippen LogP contribution in [0.5, 0.6) is 0 Å². The number of ketones is 1. The molecule has 1 aromatic heterocycles. The molecule has 1 unspecified atom stereocenters. The highest BCUT2D eigenvalue weighted by atomic mass is 32.8. The Morgan fingerprint density at radius 2 is 1.63 bits per heavy atom. The van der Waals surface area contributed by atoms with Gasteiger partial charge in [0.15, 0.2) is 5.78 Å². The largest absolute Gasteiger partial charge is 0.306 e. The maximum absolute atomic E-state index is 13.9. The molecule has 198 valence electrons. The van der Waals surface area contributed by atoms with E-state index in [0.717, 1.165) is 44.8 Å². The molecule has 2 heterocycles. The fraction of sp³-hybridized carbons (Fsp3) is 0.355. The van der Waals surface area contributed by atoms with Gasteiger partial charge < -0.3 is 9.13 Å². The molecule has 5 nitrogen and oxygen atoms in total. The van der Waals surface area contributed by atoms with Gasteiger partial charge in [0.1, 0.15) is 10.2 Å². The zero-order chi connectivity index (χ0) is 27.2. The average Bonchev–Trinajstić information content (AvgIpc) is 3.14. The third kappa shape index (κ3) is 4.78. The molecule has 0 spiro atoms. The van der Waals surface area contributed by atoms with E-state index < -0.39 is 9.45 Å². The molecule has 0 bridgehead atoms. The summed E-state index contributed by atoms with van der Waals surface area (Å²) in [4.78, 5) is 15.1. The molecule has 38 heavy (non-hydrogen) atoms. The Morgan fingerprint density at radius 3 is 2.26 bits per heavy atom. The number of carbonyl (C=O) groups excluding carboxylic acids is 1. The number of aromatic nitrogens is 2. The van der Waals surface area contributed by atoms with Crippen LogP contribution in [-0.2, 0) is 43.6 Å². The molecule has 0 aliphatic carbocycles. The summed E-state index contributed by atoms with van der Waals surface area (Å²) in [5.74, 6) is 0.860. The van der Waals surface area contributed by atoms with Crippen LogP contribution in [0.3, 0.4) is 0 Å². The van der Waals surface area contributed by atoms with Crippen molar-refractivity contribution in [2.45, 2.75) is 69.9 Å². The van der Waals surface area contributed by atoms with Crippen molar-refractivity contribution in [1.82, 2.24) is 9.13 Å². The first kappa shape index (κ1) is 26.6. The number of hydrogen-bond acceptors (Lipinski definition) is 3. The Morgan fingerprint density at radius 1 is 1.00 bits per heavy atom. The van der Waals surface area contributed by atoms with Crippen molar-refractivity contribution < 1.29 is 9.00 Å². The molecule has 1 aliphatic heterocycles. The van der Waals surface area contributed by atoms with Crippen LogP contribution in [-0.4, -0.2) is 24.9 Å². The second-order valence-electron chi connectivity index (χ2n) is 11.8. The van der Waals surface area contributed by atoms with Crippen LogP contribution in [0.2, 0.25) is 0 Å². The van der Waals surface area contributed by atoms with E-state index in [0.29, 0.717) is 28.0 Å². The predicted octanol–water partition coefficient (Wildman–Crippen LogP) is 5.94. The molecule has 5 rings (SSSR count). The lowest BCUT2D eigenvalue weighted by Crippen LogP contribution is -2.32. The standard InChI is InChI=1S/C31H35N3O2S2/c1-30(2,3)23-17-22(18-24-28(23)38(37-36)16-15-31(24,4)5)27(35)20-34-26-14-10-9-13-25(26)33(29(34)32)19-21-11-7-6-8-12-21/h6-14,17-18,32H,15-16,19-20H2,1-5H3. The lowest BCUT2D eigenvalue weighted by molar-refractivity contribution is 0.0971. The second-order valence-corrected chi connectivity index (χ2v) is 15.1. The minimum atomic E-state index is -0.418. The van der Waals surface area contributed by atoms with Crippen LogP contribution in [0.15, 0.2) is 71.6 Å². The quantitative estimate of drug-likeness (QED) is 0.316. The number of fused-ring (bicyclic) bond motifs is 2. The van der Waals surface area contributed by atoms with Gasteiger partial charge in [0, 0.05) is 16.2 Å². The van der Waals surface area contributed by atoms with Gasteiger partial charge >= 0.3 is 0 Å². The Balaban J connectivity index is 1.62. The summed E-state index contributed by atoms with van der Waals surface area (Å²) in [6, 6.07) is 22.1. The van der Waals surface area contributed by atoms with Crippen LogP contribution in [0, 0.1) is 5.41 Å². The van der Waals surface area contributed by atoms with E-state index in [-0.39, 0.29) is 23.2 Å². The number of Topliss-reactive ketones (excluding diaryl/α,β-unsaturated/α-hetero) is 1. The number of rotatable bonds is 5. The van der Waals surface area contributed by atoms with Crippen LogP contribution in [0.4, 0.5) is 0 Å². The zero-order valence-corrected chi connectivity index (χ0v) is 24.3. The third-order valence-corrected chi connectivity index (χ3v) is 10.8. The van der Waals surface area contributed by atoms with E-state index in [1.165, 1.54) is 0 Å². The lowest BCUT2D eigenvalue weighted by Gasteiger charge is -2.37. The first-order valence-electron chi connectivity index (χ1n) is 13.0. The highest BCUT2D eigenvalue weighted by molar-refractivity contribution is 8.31. The van der Waals surface area contributed by atoms with Crippen molar-refractivity contribution in [2.24, 2.45) is 0 Å². The molecular weight excluding hydrogens is 510 g/mol. The maximum atomic E-state index is 13.9.